The van der Waals surface area contributed by atoms with Crippen molar-refractivity contribution in [3.8, 4) is 17.2 Å². The van der Waals surface area contributed by atoms with Gasteiger partial charge < -0.3 is 19.4 Å². The average Bonchev–Trinajstić information content (AvgIpc) is 3.41. The standard InChI is InChI=1S/C28H30N4O3S/c1-32(24-9-4-2-5-10-24)18-8-17-29-27(33)22-13-15-23(16-14-22)28-31-30-26(35-28)21-36-20-19-34-25-11-6-3-7-12-25/h2-7,9-16H,8,17-21H2,1H3,(H,29,33). The second kappa shape index (κ2) is 13.3. The molecular weight excluding hydrogens is 472 g/mol. The van der Waals surface area contributed by atoms with Crippen LogP contribution in [-0.2, 0) is 5.75 Å². The lowest BCUT2D eigenvalue weighted by atomic mass is 10.1. The maximum Gasteiger partial charge on any atom is 0.251 e. The minimum atomic E-state index is -0.0933. The fraction of sp³-hybridized carbons (Fsp3) is 0.250. The van der Waals surface area contributed by atoms with Crippen molar-refractivity contribution in [1.82, 2.24) is 15.5 Å². The summed E-state index contributed by atoms with van der Waals surface area (Å²) in [6.45, 7) is 2.09. The number of aromatic nitrogens is 2. The van der Waals surface area contributed by atoms with Crippen molar-refractivity contribution in [1.29, 1.82) is 0 Å². The molecule has 1 N–H and O–H groups in total. The third-order valence-electron chi connectivity index (χ3n) is 5.48. The number of carbonyl (C=O) groups is 1. The molecule has 0 aliphatic rings. The minimum Gasteiger partial charge on any atom is -0.493 e. The molecule has 4 aromatic rings. The fourth-order valence-electron chi connectivity index (χ4n) is 3.52. The fourth-order valence-corrected chi connectivity index (χ4v) is 4.16. The Morgan fingerprint density at radius 1 is 0.972 bits per heavy atom. The van der Waals surface area contributed by atoms with Gasteiger partial charge in [0.25, 0.3) is 5.91 Å². The second-order valence-corrected chi connectivity index (χ2v) is 9.26. The van der Waals surface area contributed by atoms with Gasteiger partial charge in [0.15, 0.2) is 0 Å². The maximum atomic E-state index is 12.5. The summed E-state index contributed by atoms with van der Waals surface area (Å²) in [5.41, 5.74) is 2.55. The number of para-hydroxylation sites is 2. The van der Waals surface area contributed by atoms with E-state index in [1.54, 1.807) is 23.9 Å². The quantitative estimate of drug-likeness (QED) is 0.248. The van der Waals surface area contributed by atoms with Crippen LogP contribution in [-0.4, -0.2) is 48.6 Å². The zero-order valence-electron chi connectivity index (χ0n) is 20.3. The Labute approximate surface area is 215 Å². The lowest BCUT2D eigenvalue weighted by Gasteiger charge is -2.19. The number of thioether (sulfide) groups is 1. The highest BCUT2D eigenvalue weighted by Gasteiger charge is 2.11. The SMILES string of the molecule is CN(CCCNC(=O)c1ccc(-c2nnc(CSCCOc3ccccc3)o2)cc1)c1ccccc1. The first kappa shape index (κ1) is 25.3. The molecule has 0 radical (unpaired) electrons. The second-order valence-electron chi connectivity index (χ2n) is 8.16. The number of nitrogens with zero attached hydrogens (tertiary/aromatic N) is 3. The number of benzene rings is 3. The van der Waals surface area contributed by atoms with E-state index in [0.717, 1.165) is 30.0 Å². The van der Waals surface area contributed by atoms with Crippen molar-refractivity contribution in [2.75, 3.05) is 37.4 Å². The van der Waals surface area contributed by atoms with E-state index in [4.69, 9.17) is 9.15 Å². The smallest absolute Gasteiger partial charge is 0.251 e. The summed E-state index contributed by atoms with van der Waals surface area (Å²) in [5, 5.41) is 11.3. The molecule has 3 aromatic carbocycles. The Hall–Kier alpha value is -3.78. The molecule has 0 spiro atoms. The number of carbonyl (C=O) groups excluding carboxylic acids is 1. The number of ether oxygens (including phenoxy) is 1. The normalized spacial score (nSPS) is 10.7. The summed E-state index contributed by atoms with van der Waals surface area (Å²) in [5.74, 6) is 3.22. The molecule has 7 nitrogen and oxygen atoms in total. The van der Waals surface area contributed by atoms with Gasteiger partial charge >= 0.3 is 0 Å². The third kappa shape index (κ3) is 7.61. The van der Waals surface area contributed by atoms with Gasteiger partial charge in [-0.15, -0.1) is 22.0 Å². The number of nitrogens with one attached hydrogen (secondary N) is 1. The Bertz CT molecular complexity index is 1200. The first-order valence-electron chi connectivity index (χ1n) is 11.9. The van der Waals surface area contributed by atoms with Crippen LogP contribution in [0.2, 0.25) is 0 Å². The molecule has 1 amide bonds. The van der Waals surface area contributed by atoms with E-state index >= 15 is 0 Å². The van der Waals surface area contributed by atoms with Gasteiger partial charge in [-0.3, -0.25) is 4.79 Å². The molecule has 0 atom stereocenters. The molecule has 4 rings (SSSR count). The molecule has 1 heterocycles. The van der Waals surface area contributed by atoms with Crippen molar-refractivity contribution >= 4 is 23.4 Å². The van der Waals surface area contributed by atoms with Crippen LogP contribution in [0.15, 0.2) is 89.3 Å². The minimum absolute atomic E-state index is 0.0933. The Balaban J connectivity index is 1.16. The van der Waals surface area contributed by atoms with E-state index in [0.29, 0.717) is 36.2 Å². The Morgan fingerprint density at radius 3 is 2.44 bits per heavy atom. The third-order valence-corrected chi connectivity index (χ3v) is 6.39. The highest BCUT2D eigenvalue weighted by Crippen LogP contribution is 2.21. The zero-order valence-corrected chi connectivity index (χ0v) is 21.1. The lowest BCUT2D eigenvalue weighted by Crippen LogP contribution is -2.28. The molecule has 0 unspecified atom stereocenters. The van der Waals surface area contributed by atoms with E-state index < -0.39 is 0 Å². The summed E-state index contributed by atoms with van der Waals surface area (Å²) < 4.78 is 11.5. The summed E-state index contributed by atoms with van der Waals surface area (Å²) in [6, 6.07) is 27.2. The molecule has 0 saturated carbocycles. The summed E-state index contributed by atoms with van der Waals surface area (Å²) in [6.07, 6.45) is 0.858. The molecule has 8 heteroatoms. The average molecular weight is 503 g/mol. The Kier molecular flexibility index (Phi) is 9.39. The summed E-state index contributed by atoms with van der Waals surface area (Å²) in [4.78, 5) is 14.7. The van der Waals surface area contributed by atoms with E-state index in [1.165, 1.54) is 5.69 Å². The van der Waals surface area contributed by atoms with Crippen LogP contribution < -0.4 is 15.0 Å². The van der Waals surface area contributed by atoms with Crippen molar-refractivity contribution < 1.29 is 13.9 Å². The van der Waals surface area contributed by atoms with Crippen LogP contribution in [0.3, 0.4) is 0 Å². The van der Waals surface area contributed by atoms with Gasteiger partial charge in [0.1, 0.15) is 5.75 Å². The van der Waals surface area contributed by atoms with Gasteiger partial charge in [0.05, 0.1) is 12.4 Å². The molecule has 0 aliphatic carbocycles. The Morgan fingerprint density at radius 2 is 1.69 bits per heavy atom. The highest BCUT2D eigenvalue weighted by atomic mass is 32.2. The van der Waals surface area contributed by atoms with Crippen molar-refractivity contribution in [3.63, 3.8) is 0 Å². The molecule has 186 valence electrons. The van der Waals surface area contributed by atoms with Crippen LogP contribution in [0.5, 0.6) is 5.75 Å². The molecule has 0 fully saturated rings. The van der Waals surface area contributed by atoms with Crippen LogP contribution in [0.25, 0.3) is 11.5 Å². The molecule has 36 heavy (non-hydrogen) atoms. The first-order valence-corrected chi connectivity index (χ1v) is 13.1. The molecule has 0 aliphatic heterocycles. The number of anilines is 1. The molecular formula is C28H30N4O3S. The summed E-state index contributed by atoms with van der Waals surface area (Å²) in [7, 11) is 2.05. The van der Waals surface area contributed by atoms with Gasteiger partial charge in [-0.2, -0.15) is 0 Å². The highest BCUT2D eigenvalue weighted by molar-refractivity contribution is 7.98. The topological polar surface area (TPSA) is 80.5 Å². The zero-order chi connectivity index (χ0) is 25.0. The van der Waals surface area contributed by atoms with Gasteiger partial charge in [-0.25, -0.2) is 0 Å². The predicted molar refractivity (Wildman–Crippen MR) is 144 cm³/mol. The van der Waals surface area contributed by atoms with Crippen molar-refractivity contribution in [2.24, 2.45) is 0 Å². The van der Waals surface area contributed by atoms with Crippen molar-refractivity contribution in [3.05, 3.63) is 96.4 Å². The first-order chi connectivity index (χ1) is 17.7. The predicted octanol–water partition coefficient (Wildman–Crippen LogP) is 5.31. The van der Waals surface area contributed by atoms with Crippen molar-refractivity contribution in [2.45, 2.75) is 12.2 Å². The number of hydrogen-bond donors (Lipinski definition) is 1. The maximum absolute atomic E-state index is 12.5. The molecule has 1 aromatic heterocycles. The lowest BCUT2D eigenvalue weighted by molar-refractivity contribution is 0.0953. The summed E-state index contributed by atoms with van der Waals surface area (Å²) >= 11 is 1.67. The molecule has 0 saturated heterocycles. The van der Waals surface area contributed by atoms with E-state index in [9.17, 15) is 4.79 Å². The monoisotopic (exact) mass is 502 g/mol. The van der Waals surface area contributed by atoms with Gasteiger partial charge in [-0.05, 0) is 55.0 Å². The van der Waals surface area contributed by atoms with Crippen LogP contribution >= 0.6 is 11.8 Å². The number of amides is 1. The van der Waals surface area contributed by atoms with E-state index in [-0.39, 0.29) is 5.91 Å². The van der Waals surface area contributed by atoms with E-state index in [1.807, 2.05) is 60.7 Å². The van der Waals surface area contributed by atoms with Crippen LogP contribution in [0.1, 0.15) is 22.7 Å². The number of hydrogen-bond acceptors (Lipinski definition) is 7. The molecule has 0 bridgehead atoms. The largest absolute Gasteiger partial charge is 0.493 e. The van der Waals surface area contributed by atoms with Crippen LogP contribution in [0.4, 0.5) is 5.69 Å². The van der Waals surface area contributed by atoms with Gasteiger partial charge in [0.2, 0.25) is 11.8 Å². The van der Waals surface area contributed by atoms with Gasteiger partial charge in [-0.1, -0.05) is 36.4 Å². The van der Waals surface area contributed by atoms with Crippen LogP contribution in [0, 0.1) is 0 Å². The van der Waals surface area contributed by atoms with E-state index in [2.05, 4.69) is 39.6 Å². The number of rotatable bonds is 13. The van der Waals surface area contributed by atoms with Gasteiger partial charge in [0, 0.05) is 42.7 Å².